The van der Waals surface area contributed by atoms with E-state index in [1.54, 1.807) is 12.5 Å². The fourth-order valence-electron chi connectivity index (χ4n) is 10.9. The molecule has 0 radical (unpaired) electrons. The van der Waals surface area contributed by atoms with Crippen LogP contribution in [0.1, 0.15) is 107 Å². The lowest BCUT2D eigenvalue weighted by atomic mass is 9.41. The van der Waals surface area contributed by atoms with E-state index < -0.39 is 6.29 Å². The highest BCUT2D eigenvalue weighted by atomic mass is 16.7. The molecule has 5 unspecified atom stereocenters. The van der Waals surface area contributed by atoms with Gasteiger partial charge in [-0.3, -0.25) is 4.79 Å². The minimum Gasteiger partial charge on any atom is -0.462 e. The number of carbonyl (C=O) groups excluding carboxylic acids is 1. The summed E-state index contributed by atoms with van der Waals surface area (Å²) >= 11 is 0. The Hall–Kier alpha value is -0.910. The van der Waals surface area contributed by atoms with E-state index in [1.807, 2.05) is 0 Å². The third-order valence-corrected chi connectivity index (χ3v) is 13.2. The van der Waals surface area contributed by atoms with Crippen molar-refractivity contribution in [3.05, 3.63) is 11.6 Å². The number of aliphatic hydroxyl groups is 1. The quantitative estimate of drug-likeness (QED) is 0.267. The highest BCUT2D eigenvalue weighted by Crippen LogP contribution is 2.74. The Morgan fingerprint density at radius 2 is 1.73 bits per heavy atom. The minimum atomic E-state index is -0.675. The van der Waals surface area contributed by atoms with Gasteiger partial charge < -0.3 is 19.3 Å². The molecule has 5 fully saturated rings. The molecule has 0 aromatic rings. The van der Waals surface area contributed by atoms with Crippen molar-refractivity contribution in [2.75, 3.05) is 0 Å². The molecule has 5 heteroatoms. The van der Waals surface area contributed by atoms with Gasteiger partial charge in [-0.05, 0) is 99.2 Å². The maximum atomic E-state index is 11.9. The van der Waals surface area contributed by atoms with Gasteiger partial charge in [0.05, 0.1) is 11.7 Å². The van der Waals surface area contributed by atoms with Crippen molar-refractivity contribution in [2.45, 2.75) is 137 Å². The monoisotopic (exact) mass is 514 g/mol. The van der Waals surface area contributed by atoms with Crippen molar-refractivity contribution in [2.24, 2.45) is 45.3 Å². The number of aliphatic hydroxyl groups excluding tert-OH is 1. The lowest BCUT2D eigenvalue weighted by Crippen LogP contribution is -2.58. The first kappa shape index (κ1) is 26.3. The van der Waals surface area contributed by atoms with Crippen molar-refractivity contribution in [3.8, 4) is 0 Å². The molecule has 3 saturated carbocycles. The third kappa shape index (κ3) is 3.55. The number of hydrogen-bond donors (Lipinski definition) is 1. The Kier molecular flexibility index (Phi) is 5.74. The van der Waals surface area contributed by atoms with Gasteiger partial charge in [-0.25, -0.2) is 0 Å². The topological polar surface area (TPSA) is 68.3 Å². The summed E-state index contributed by atoms with van der Waals surface area (Å²) in [7, 11) is 0. The average Bonchev–Trinajstić information content (AvgIpc) is 3.12. The number of epoxide rings is 1. The number of allylic oxidation sites excluding steroid dienone is 2. The van der Waals surface area contributed by atoms with Crippen LogP contribution in [-0.2, 0) is 19.0 Å². The van der Waals surface area contributed by atoms with E-state index in [4.69, 9.17) is 14.2 Å². The van der Waals surface area contributed by atoms with Gasteiger partial charge in [-0.1, -0.05) is 46.3 Å². The Bertz CT molecular complexity index is 999. The Labute approximate surface area is 224 Å². The van der Waals surface area contributed by atoms with Crippen molar-refractivity contribution < 1.29 is 24.1 Å². The van der Waals surface area contributed by atoms with E-state index in [-0.39, 0.29) is 57.5 Å². The van der Waals surface area contributed by atoms with E-state index in [9.17, 15) is 9.90 Å². The smallest absolute Gasteiger partial charge is 0.302 e. The molecule has 6 aliphatic rings. The molecule has 0 aromatic carbocycles. The van der Waals surface area contributed by atoms with E-state index in [2.05, 4.69) is 54.5 Å². The van der Waals surface area contributed by atoms with E-state index in [1.165, 1.54) is 25.7 Å². The molecule has 6 rings (SSSR count). The minimum absolute atomic E-state index is 0.00977. The van der Waals surface area contributed by atoms with Crippen molar-refractivity contribution >= 4 is 5.97 Å². The summed E-state index contributed by atoms with van der Waals surface area (Å²) < 4.78 is 17.9. The lowest BCUT2D eigenvalue weighted by Gasteiger charge is -2.64. The van der Waals surface area contributed by atoms with Crippen molar-refractivity contribution in [1.29, 1.82) is 0 Å². The van der Waals surface area contributed by atoms with Crippen LogP contribution < -0.4 is 0 Å². The third-order valence-electron chi connectivity index (χ3n) is 13.2. The second-order valence-electron chi connectivity index (χ2n) is 15.5. The van der Waals surface area contributed by atoms with Crippen LogP contribution in [0.15, 0.2) is 11.6 Å². The zero-order valence-electron chi connectivity index (χ0n) is 24.4. The molecule has 0 aromatic heterocycles. The Morgan fingerprint density at radius 1 is 1.03 bits per heavy atom. The highest BCUT2D eigenvalue weighted by Gasteiger charge is 2.67. The fraction of sp³-hybridized carbons (Fsp3) is 0.906. The molecular weight excluding hydrogens is 464 g/mol. The van der Waals surface area contributed by atoms with Gasteiger partial charge in [0.25, 0.3) is 0 Å². The van der Waals surface area contributed by atoms with Crippen LogP contribution in [0.4, 0.5) is 0 Å². The summed E-state index contributed by atoms with van der Waals surface area (Å²) in [5.74, 6) is 1.63. The van der Waals surface area contributed by atoms with Crippen LogP contribution in [0.2, 0.25) is 0 Å². The molecule has 1 N–H and O–H groups in total. The molecule has 5 nitrogen and oxygen atoms in total. The molecule has 11 atom stereocenters. The number of rotatable bonds is 3. The summed E-state index contributed by atoms with van der Waals surface area (Å²) in [4.78, 5) is 11.9. The van der Waals surface area contributed by atoms with Crippen LogP contribution in [0, 0.1) is 45.3 Å². The first-order chi connectivity index (χ1) is 17.1. The fourth-order valence-corrected chi connectivity index (χ4v) is 10.9. The molecule has 208 valence electrons. The zero-order chi connectivity index (χ0) is 26.8. The van der Waals surface area contributed by atoms with Crippen LogP contribution in [0.5, 0.6) is 0 Å². The van der Waals surface area contributed by atoms with Crippen molar-refractivity contribution in [1.82, 2.24) is 0 Å². The Balaban J connectivity index is 1.27. The molecule has 2 heterocycles. The first-order valence-corrected chi connectivity index (χ1v) is 15.0. The standard InChI is InChI=1S/C32H50O5/c1-18(33)35-25-13-14-30(6)21-12-16-31(7)20(19-17-23(36-27(19)34)26-29(4,5)37-26)11-15-32(31,8)22(21)9-10-24(30)28(25,2)3/h9,19-21,23-27,34H,10-17H2,1-8H3/t19?,20-,21?,23?,24-,25-,26?,27?,30+,31-,32+/m0/s1. The van der Waals surface area contributed by atoms with E-state index in [0.29, 0.717) is 17.8 Å². The molecule has 2 aliphatic heterocycles. The first-order valence-electron chi connectivity index (χ1n) is 15.0. The van der Waals surface area contributed by atoms with Crippen LogP contribution >= 0.6 is 0 Å². The molecule has 2 saturated heterocycles. The molecule has 0 spiro atoms. The molecular formula is C32H50O5. The largest absolute Gasteiger partial charge is 0.462 e. The summed E-state index contributed by atoms with van der Waals surface area (Å²) in [5, 5.41) is 11.1. The maximum absolute atomic E-state index is 11.9. The number of hydrogen-bond acceptors (Lipinski definition) is 5. The molecule has 37 heavy (non-hydrogen) atoms. The predicted octanol–water partition coefficient (Wildman–Crippen LogP) is 6.42. The number of esters is 1. The van der Waals surface area contributed by atoms with Crippen molar-refractivity contribution in [3.63, 3.8) is 0 Å². The van der Waals surface area contributed by atoms with E-state index >= 15 is 0 Å². The maximum Gasteiger partial charge on any atom is 0.302 e. The summed E-state index contributed by atoms with van der Waals surface area (Å²) in [6.07, 6.45) is 11.0. The van der Waals surface area contributed by atoms with Gasteiger partial charge in [-0.2, -0.15) is 0 Å². The van der Waals surface area contributed by atoms with Gasteiger partial charge in [0.2, 0.25) is 0 Å². The summed E-state index contributed by atoms with van der Waals surface area (Å²) in [6, 6.07) is 0. The summed E-state index contributed by atoms with van der Waals surface area (Å²) in [6.45, 7) is 18.1. The van der Waals surface area contributed by atoms with Crippen LogP contribution in [0.3, 0.4) is 0 Å². The summed E-state index contributed by atoms with van der Waals surface area (Å²) in [5.41, 5.74) is 2.14. The van der Waals surface area contributed by atoms with Gasteiger partial charge in [0, 0.05) is 18.3 Å². The predicted molar refractivity (Wildman–Crippen MR) is 142 cm³/mol. The number of carbonyl (C=O) groups is 1. The Morgan fingerprint density at radius 3 is 2.38 bits per heavy atom. The SMILES string of the molecule is CC(=O)O[C@H]1CC[C@]2(C)C3CC[C@@]4(C)[C@H](C5CC(C6OC6(C)C)OC5O)CC[C@]4(C)C3=CC[C@H]2C1(C)C. The second kappa shape index (κ2) is 8.07. The average molecular weight is 515 g/mol. The van der Waals surface area contributed by atoms with Gasteiger partial charge >= 0.3 is 5.97 Å². The van der Waals surface area contributed by atoms with Gasteiger partial charge in [-0.15, -0.1) is 0 Å². The lowest BCUT2D eigenvalue weighted by molar-refractivity contribution is -0.175. The second-order valence-corrected chi connectivity index (χ2v) is 15.5. The molecule has 0 amide bonds. The van der Waals surface area contributed by atoms with Crippen LogP contribution in [-0.4, -0.2) is 41.3 Å². The van der Waals surface area contributed by atoms with E-state index in [0.717, 1.165) is 25.7 Å². The highest BCUT2D eigenvalue weighted by molar-refractivity contribution is 5.66. The van der Waals surface area contributed by atoms with Crippen LogP contribution in [0.25, 0.3) is 0 Å². The normalized spacial score (nSPS) is 53.5. The zero-order valence-corrected chi connectivity index (χ0v) is 24.4. The number of fused-ring (bicyclic) bond motifs is 5. The molecule has 4 aliphatic carbocycles. The number of ether oxygens (including phenoxy) is 3. The van der Waals surface area contributed by atoms with Gasteiger partial charge in [0.15, 0.2) is 6.29 Å². The van der Waals surface area contributed by atoms with Gasteiger partial charge in [0.1, 0.15) is 12.2 Å². The molecule has 0 bridgehead atoms.